The molecule has 0 aliphatic rings. The lowest BCUT2D eigenvalue weighted by molar-refractivity contribution is 0.297. The third-order valence-corrected chi connectivity index (χ3v) is 1.54. The lowest BCUT2D eigenvalue weighted by atomic mass is 10.5. The summed E-state index contributed by atoms with van der Waals surface area (Å²) in [6.45, 7) is 4.22. The Bertz CT molecular complexity index is 222. The average Bonchev–Trinajstić information content (AvgIpc) is 2.53. The van der Waals surface area contributed by atoms with Crippen molar-refractivity contribution in [1.82, 2.24) is 9.78 Å². The molecular weight excluding hydrogens is 154 g/mol. The van der Waals surface area contributed by atoms with Crippen molar-refractivity contribution in [3.8, 4) is 5.88 Å². The summed E-state index contributed by atoms with van der Waals surface area (Å²) in [6.07, 6.45) is 2.77. The Morgan fingerprint density at radius 2 is 2.50 bits per heavy atom. The van der Waals surface area contributed by atoms with E-state index in [2.05, 4.69) is 5.10 Å². The van der Waals surface area contributed by atoms with E-state index in [1.165, 1.54) is 0 Å². The van der Waals surface area contributed by atoms with Gasteiger partial charge in [0, 0.05) is 18.8 Å². The Kier molecular flexibility index (Phi) is 3.60. The van der Waals surface area contributed by atoms with E-state index in [0.717, 1.165) is 13.0 Å². The highest BCUT2D eigenvalue weighted by Crippen LogP contribution is 2.05. The molecule has 1 rings (SSSR count). The fraction of sp³-hybridized carbons (Fsp3) is 0.625. The molecule has 0 atom stereocenters. The number of ether oxygens (including phenoxy) is 1. The number of hydrogen-bond acceptors (Lipinski definition) is 3. The monoisotopic (exact) mass is 169 g/mol. The lowest BCUT2D eigenvalue weighted by Gasteiger charge is -1.99. The lowest BCUT2D eigenvalue weighted by Crippen LogP contribution is -2.06. The van der Waals surface area contributed by atoms with Gasteiger partial charge >= 0.3 is 0 Å². The first-order valence-electron chi connectivity index (χ1n) is 4.23. The van der Waals surface area contributed by atoms with Gasteiger partial charge in [0.05, 0.1) is 6.61 Å². The van der Waals surface area contributed by atoms with E-state index in [9.17, 15) is 0 Å². The molecule has 0 aliphatic carbocycles. The number of aryl methyl sites for hydroxylation is 1. The largest absolute Gasteiger partial charge is 0.477 e. The van der Waals surface area contributed by atoms with Crippen molar-refractivity contribution in [1.29, 1.82) is 0 Å². The molecule has 0 unspecified atom stereocenters. The third-order valence-electron chi connectivity index (χ3n) is 1.54. The quantitative estimate of drug-likeness (QED) is 0.658. The summed E-state index contributed by atoms with van der Waals surface area (Å²) in [6, 6.07) is 1.86. The van der Waals surface area contributed by atoms with Gasteiger partial charge in [-0.25, -0.2) is 0 Å². The van der Waals surface area contributed by atoms with Crippen LogP contribution in [0.15, 0.2) is 12.3 Å². The Labute approximate surface area is 72.3 Å². The molecule has 0 radical (unpaired) electrons. The van der Waals surface area contributed by atoms with Crippen LogP contribution in [-0.4, -0.2) is 22.9 Å². The van der Waals surface area contributed by atoms with Gasteiger partial charge in [-0.2, -0.15) is 0 Å². The van der Waals surface area contributed by atoms with Gasteiger partial charge < -0.3 is 10.5 Å². The van der Waals surface area contributed by atoms with Crippen LogP contribution in [0.25, 0.3) is 0 Å². The van der Waals surface area contributed by atoms with E-state index in [4.69, 9.17) is 10.5 Å². The van der Waals surface area contributed by atoms with Crippen molar-refractivity contribution in [2.75, 3.05) is 13.2 Å². The van der Waals surface area contributed by atoms with Crippen LogP contribution in [0.2, 0.25) is 0 Å². The summed E-state index contributed by atoms with van der Waals surface area (Å²) in [5.41, 5.74) is 5.32. The highest BCUT2D eigenvalue weighted by atomic mass is 16.5. The second kappa shape index (κ2) is 4.77. The summed E-state index contributed by atoms with van der Waals surface area (Å²) in [5.74, 6) is 0.685. The first kappa shape index (κ1) is 9.06. The molecule has 2 N–H and O–H groups in total. The maximum atomic E-state index is 5.32. The maximum absolute atomic E-state index is 5.32. The fourth-order valence-corrected chi connectivity index (χ4v) is 0.856. The highest BCUT2D eigenvalue weighted by molar-refractivity contribution is 5.05. The Hall–Kier alpha value is -1.03. The molecule has 1 aromatic heterocycles. The molecule has 0 spiro atoms. The van der Waals surface area contributed by atoms with Crippen LogP contribution in [0, 0.1) is 0 Å². The minimum absolute atomic E-state index is 0.650. The van der Waals surface area contributed by atoms with Crippen LogP contribution < -0.4 is 10.5 Å². The normalized spacial score (nSPS) is 10.2. The highest BCUT2D eigenvalue weighted by Gasteiger charge is 1.96. The van der Waals surface area contributed by atoms with Crippen molar-refractivity contribution in [2.24, 2.45) is 5.73 Å². The Morgan fingerprint density at radius 3 is 3.08 bits per heavy atom. The van der Waals surface area contributed by atoms with E-state index >= 15 is 0 Å². The van der Waals surface area contributed by atoms with Crippen molar-refractivity contribution >= 4 is 0 Å². The van der Waals surface area contributed by atoms with E-state index in [0.29, 0.717) is 19.0 Å². The van der Waals surface area contributed by atoms with Gasteiger partial charge in [0.1, 0.15) is 0 Å². The van der Waals surface area contributed by atoms with Crippen LogP contribution in [0.4, 0.5) is 0 Å². The van der Waals surface area contributed by atoms with Crippen molar-refractivity contribution < 1.29 is 4.74 Å². The summed E-state index contributed by atoms with van der Waals surface area (Å²) in [5, 5.41) is 4.15. The summed E-state index contributed by atoms with van der Waals surface area (Å²) in [7, 11) is 0. The van der Waals surface area contributed by atoms with Crippen LogP contribution >= 0.6 is 0 Å². The minimum atomic E-state index is 0.650. The molecule has 4 nitrogen and oxygen atoms in total. The van der Waals surface area contributed by atoms with Gasteiger partial charge in [-0.05, 0) is 19.9 Å². The zero-order valence-corrected chi connectivity index (χ0v) is 7.36. The number of aromatic nitrogens is 2. The second-order valence-corrected chi connectivity index (χ2v) is 2.50. The molecule has 0 fully saturated rings. The van der Waals surface area contributed by atoms with E-state index < -0.39 is 0 Å². The predicted octanol–water partition coefficient (Wildman–Crippen LogP) is 0.631. The van der Waals surface area contributed by atoms with E-state index in [-0.39, 0.29) is 0 Å². The summed E-state index contributed by atoms with van der Waals surface area (Å²) < 4.78 is 7.15. The average molecular weight is 169 g/mol. The molecule has 4 heteroatoms. The Morgan fingerprint density at radius 1 is 1.67 bits per heavy atom. The van der Waals surface area contributed by atoms with Gasteiger partial charge in [-0.1, -0.05) is 0 Å². The maximum Gasteiger partial charge on any atom is 0.232 e. The molecule has 1 heterocycles. The predicted molar refractivity (Wildman–Crippen MR) is 47.1 cm³/mol. The molecule has 1 aromatic rings. The molecule has 0 saturated heterocycles. The number of nitrogens with zero attached hydrogens (tertiary/aromatic N) is 2. The molecule has 0 bridgehead atoms. The topological polar surface area (TPSA) is 53.1 Å². The standard InChI is InChI=1S/C8H15N3O/c1-2-11-6-4-8(10-11)12-7-3-5-9/h4,6H,2-3,5,7,9H2,1H3. The van der Waals surface area contributed by atoms with E-state index in [1.807, 2.05) is 23.9 Å². The SMILES string of the molecule is CCn1ccc(OCCCN)n1. The van der Waals surface area contributed by atoms with Crippen LogP contribution in [-0.2, 0) is 6.54 Å². The molecular formula is C8H15N3O. The zero-order chi connectivity index (χ0) is 8.81. The molecule has 0 saturated carbocycles. The number of rotatable bonds is 5. The molecule has 12 heavy (non-hydrogen) atoms. The minimum Gasteiger partial charge on any atom is -0.477 e. The third kappa shape index (κ3) is 2.54. The smallest absolute Gasteiger partial charge is 0.232 e. The van der Waals surface area contributed by atoms with Crippen LogP contribution in [0.5, 0.6) is 5.88 Å². The van der Waals surface area contributed by atoms with Crippen LogP contribution in [0.1, 0.15) is 13.3 Å². The molecule has 0 amide bonds. The first-order valence-corrected chi connectivity index (χ1v) is 4.23. The van der Waals surface area contributed by atoms with E-state index in [1.54, 1.807) is 0 Å². The molecule has 0 aromatic carbocycles. The molecule has 68 valence electrons. The summed E-state index contributed by atoms with van der Waals surface area (Å²) in [4.78, 5) is 0. The van der Waals surface area contributed by atoms with Gasteiger partial charge in [0.15, 0.2) is 0 Å². The van der Waals surface area contributed by atoms with Gasteiger partial charge in [0.2, 0.25) is 5.88 Å². The van der Waals surface area contributed by atoms with Gasteiger partial charge in [-0.15, -0.1) is 5.10 Å². The Balaban J connectivity index is 2.31. The van der Waals surface area contributed by atoms with Crippen LogP contribution in [0.3, 0.4) is 0 Å². The van der Waals surface area contributed by atoms with Gasteiger partial charge in [-0.3, -0.25) is 4.68 Å². The van der Waals surface area contributed by atoms with Crippen molar-refractivity contribution in [3.63, 3.8) is 0 Å². The zero-order valence-electron chi connectivity index (χ0n) is 7.36. The van der Waals surface area contributed by atoms with Crippen molar-refractivity contribution in [3.05, 3.63) is 12.3 Å². The molecule has 0 aliphatic heterocycles. The second-order valence-electron chi connectivity index (χ2n) is 2.50. The fourth-order valence-electron chi connectivity index (χ4n) is 0.856. The number of nitrogens with two attached hydrogens (primary N) is 1. The van der Waals surface area contributed by atoms with Gasteiger partial charge in [0.25, 0.3) is 0 Å². The van der Waals surface area contributed by atoms with Crippen molar-refractivity contribution in [2.45, 2.75) is 19.9 Å². The first-order chi connectivity index (χ1) is 5.86. The summed E-state index contributed by atoms with van der Waals surface area (Å²) >= 11 is 0. The number of hydrogen-bond donors (Lipinski definition) is 1.